The predicted molar refractivity (Wildman–Crippen MR) is 80.8 cm³/mol. The van der Waals surface area contributed by atoms with Gasteiger partial charge in [0.2, 0.25) is 0 Å². The van der Waals surface area contributed by atoms with E-state index in [1.165, 1.54) is 12.1 Å². The molecule has 0 spiro atoms. The molecule has 0 fully saturated rings. The molecule has 0 saturated carbocycles. The van der Waals surface area contributed by atoms with Crippen molar-refractivity contribution in [2.45, 2.75) is 0 Å². The van der Waals surface area contributed by atoms with Gasteiger partial charge >= 0.3 is 6.09 Å². The van der Waals surface area contributed by atoms with Gasteiger partial charge in [0, 0.05) is 11.8 Å². The molecule has 0 unspecified atom stereocenters. The molecule has 8 heteroatoms. The summed E-state index contributed by atoms with van der Waals surface area (Å²) in [5.74, 6) is 0.470. The van der Waals surface area contributed by atoms with Crippen molar-refractivity contribution < 1.29 is 14.5 Å². The maximum atomic E-state index is 11.5. The van der Waals surface area contributed by atoms with E-state index in [9.17, 15) is 14.9 Å². The lowest BCUT2D eigenvalue weighted by molar-refractivity contribution is -0.385. The largest absolute Gasteiger partial charge is 0.447 e. The lowest BCUT2D eigenvalue weighted by atomic mass is 10.3. The number of benzene rings is 1. The third-order valence-electron chi connectivity index (χ3n) is 2.62. The maximum Gasteiger partial charge on any atom is 0.411 e. The van der Waals surface area contributed by atoms with Crippen LogP contribution >= 0.6 is 0 Å². The molecule has 8 nitrogen and oxygen atoms in total. The molecule has 2 N–H and O–H groups in total. The van der Waals surface area contributed by atoms with Crippen molar-refractivity contribution in [1.82, 2.24) is 4.98 Å². The Morgan fingerprint density at radius 2 is 2.00 bits per heavy atom. The number of rotatable bonds is 6. The molecule has 2 aromatic rings. The zero-order valence-corrected chi connectivity index (χ0v) is 11.6. The Labute approximate surface area is 126 Å². The van der Waals surface area contributed by atoms with Crippen LogP contribution in [0, 0.1) is 10.1 Å². The van der Waals surface area contributed by atoms with Crippen LogP contribution < -0.4 is 10.6 Å². The van der Waals surface area contributed by atoms with Crippen molar-refractivity contribution in [3.63, 3.8) is 0 Å². The monoisotopic (exact) mass is 302 g/mol. The summed E-state index contributed by atoms with van der Waals surface area (Å²) in [4.78, 5) is 25.3. The summed E-state index contributed by atoms with van der Waals surface area (Å²) < 4.78 is 4.98. The van der Waals surface area contributed by atoms with E-state index >= 15 is 0 Å². The quantitative estimate of drug-likeness (QED) is 0.482. The van der Waals surface area contributed by atoms with E-state index in [2.05, 4.69) is 15.6 Å². The molecule has 114 valence electrons. The standard InChI is InChI=1S/C14H14N4O4/c19-14(17-11-4-2-1-3-5-11)22-9-8-15-13-7-6-12(10-16-13)18(20)21/h1-7,10H,8-9H2,(H,15,16)(H,17,19). The van der Waals surface area contributed by atoms with Gasteiger partial charge in [-0.05, 0) is 18.2 Å². The molecule has 22 heavy (non-hydrogen) atoms. The minimum atomic E-state index is -0.551. The number of anilines is 2. The Balaban J connectivity index is 1.68. The summed E-state index contributed by atoms with van der Waals surface area (Å²) in [5, 5.41) is 16.0. The maximum absolute atomic E-state index is 11.5. The molecule has 1 heterocycles. The highest BCUT2D eigenvalue weighted by molar-refractivity contribution is 5.84. The van der Waals surface area contributed by atoms with E-state index in [0.29, 0.717) is 18.1 Å². The van der Waals surface area contributed by atoms with Gasteiger partial charge in [-0.25, -0.2) is 9.78 Å². The van der Waals surface area contributed by atoms with Crippen molar-refractivity contribution in [3.05, 3.63) is 58.8 Å². The third-order valence-corrected chi connectivity index (χ3v) is 2.62. The first-order valence-corrected chi connectivity index (χ1v) is 6.48. The summed E-state index contributed by atoms with van der Waals surface area (Å²) in [5.41, 5.74) is 0.571. The van der Waals surface area contributed by atoms with Gasteiger partial charge in [-0.3, -0.25) is 15.4 Å². The van der Waals surface area contributed by atoms with Crippen LogP contribution in [-0.2, 0) is 4.74 Å². The molecular weight excluding hydrogens is 288 g/mol. The number of amides is 1. The highest BCUT2D eigenvalue weighted by Gasteiger charge is 2.05. The zero-order chi connectivity index (χ0) is 15.8. The van der Waals surface area contributed by atoms with Crippen molar-refractivity contribution in [2.24, 2.45) is 0 Å². The highest BCUT2D eigenvalue weighted by atomic mass is 16.6. The van der Waals surface area contributed by atoms with Gasteiger partial charge in [0.1, 0.15) is 18.6 Å². The van der Waals surface area contributed by atoms with Crippen LogP contribution in [0.4, 0.5) is 22.0 Å². The second kappa shape index (κ2) is 7.58. The molecule has 0 radical (unpaired) electrons. The second-order valence-electron chi connectivity index (χ2n) is 4.21. The fraction of sp³-hybridized carbons (Fsp3) is 0.143. The van der Waals surface area contributed by atoms with E-state index in [-0.39, 0.29) is 12.3 Å². The van der Waals surface area contributed by atoms with E-state index in [1.54, 1.807) is 24.3 Å². The normalized spacial score (nSPS) is 9.82. The molecule has 1 aromatic carbocycles. The molecule has 1 aromatic heterocycles. The number of ether oxygens (including phenoxy) is 1. The Hall–Kier alpha value is -3.16. The van der Waals surface area contributed by atoms with Crippen molar-refractivity contribution in [2.75, 3.05) is 23.8 Å². The van der Waals surface area contributed by atoms with Crippen molar-refractivity contribution in [1.29, 1.82) is 0 Å². The first-order chi connectivity index (χ1) is 10.6. The first kappa shape index (κ1) is 15.2. The van der Waals surface area contributed by atoms with E-state index < -0.39 is 11.0 Å². The Morgan fingerprint density at radius 1 is 1.23 bits per heavy atom. The van der Waals surface area contributed by atoms with Crippen molar-refractivity contribution in [3.8, 4) is 0 Å². The minimum Gasteiger partial charge on any atom is -0.447 e. The first-order valence-electron chi connectivity index (χ1n) is 6.48. The number of aromatic nitrogens is 1. The summed E-state index contributed by atoms with van der Waals surface area (Å²) in [6.07, 6.45) is 0.607. The summed E-state index contributed by atoms with van der Waals surface area (Å²) >= 11 is 0. The number of hydrogen-bond donors (Lipinski definition) is 2. The minimum absolute atomic E-state index is 0.0796. The molecule has 0 saturated heterocycles. The molecular formula is C14H14N4O4. The number of hydrogen-bond acceptors (Lipinski definition) is 6. The van der Waals surface area contributed by atoms with Crippen LogP contribution in [0.15, 0.2) is 48.7 Å². The number of nitrogens with zero attached hydrogens (tertiary/aromatic N) is 2. The number of nitro groups is 1. The molecule has 0 aliphatic rings. The smallest absolute Gasteiger partial charge is 0.411 e. The van der Waals surface area contributed by atoms with Crippen LogP contribution in [-0.4, -0.2) is 29.2 Å². The van der Waals surface area contributed by atoms with Crippen LogP contribution in [0.3, 0.4) is 0 Å². The van der Waals surface area contributed by atoms with Crippen LogP contribution in [0.2, 0.25) is 0 Å². The number of carbonyl (C=O) groups is 1. The van der Waals surface area contributed by atoms with E-state index in [4.69, 9.17) is 4.74 Å². The summed E-state index contributed by atoms with van der Waals surface area (Å²) in [6.45, 7) is 0.477. The fourth-order valence-electron chi connectivity index (χ4n) is 1.60. The number of nitrogens with one attached hydrogen (secondary N) is 2. The number of pyridine rings is 1. The average molecular weight is 302 g/mol. The van der Waals surface area contributed by atoms with Gasteiger partial charge in [0.05, 0.1) is 11.5 Å². The molecule has 0 aliphatic carbocycles. The van der Waals surface area contributed by atoms with E-state index in [0.717, 1.165) is 6.20 Å². The SMILES string of the molecule is O=C(Nc1ccccc1)OCCNc1ccc([N+](=O)[O-])cn1. The van der Waals surface area contributed by atoms with E-state index in [1.807, 2.05) is 6.07 Å². The number of para-hydroxylation sites is 1. The summed E-state index contributed by atoms with van der Waals surface area (Å²) in [6, 6.07) is 11.8. The van der Waals surface area contributed by atoms with Crippen LogP contribution in [0.5, 0.6) is 0 Å². The Morgan fingerprint density at radius 3 is 2.64 bits per heavy atom. The van der Waals surface area contributed by atoms with Gasteiger partial charge < -0.3 is 10.1 Å². The van der Waals surface area contributed by atoms with Crippen molar-refractivity contribution >= 4 is 23.3 Å². The van der Waals surface area contributed by atoms with Gasteiger partial charge in [-0.1, -0.05) is 18.2 Å². The third kappa shape index (κ3) is 4.75. The fourth-order valence-corrected chi connectivity index (χ4v) is 1.60. The Bertz CT molecular complexity index is 631. The van der Waals surface area contributed by atoms with Gasteiger partial charge in [-0.2, -0.15) is 0 Å². The lowest BCUT2D eigenvalue weighted by Gasteiger charge is -2.08. The molecule has 0 aliphatic heterocycles. The molecule has 0 atom stereocenters. The predicted octanol–water partition coefficient (Wildman–Crippen LogP) is 2.65. The average Bonchev–Trinajstić information content (AvgIpc) is 2.53. The van der Waals surface area contributed by atoms with Crippen LogP contribution in [0.25, 0.3) is 0 Å². The van der Waals surface area contributed by atoms with Gasteiger partial charge in [0.15, 0.2) is 0 Å². The number of carbonyl (C=O) groups excluding carboxylic acids is 1. The second-order valence-corrected chi connectivity index (χ2v) is 4.21. The van der Waals surface area contributed by atoms with Crippen LogP contribution in [0.1, 0.15) is 0 Å². The highest BCUT2D eigenvalue weighted by Crippen LogP contribution is 2.11. The lowest BCUT2D eigenvalue weighted by Crippen LogP contribution is -2.18. The topological polar surface area (TPSA) is 106 Å². The zero-order valence-electron chi connectivity index (χ0n) is 11.6. The molecule has 0 bridgehead atoms. The Kier molecular flexibility index (Phi) is 5.25. The van der Waals surface area contributed by atoms with Gasteiger partial charge in [0.25, 0.3) is 5.69 Å². The molecule has 2 rings (SSSR count). The molecule has 1 amide bonds. The summed E-state index contributed by atoms with van der Waals surface area (Å²) in [7, 11) is 0. The van der Waals surface area contributed by atoms with Gasteiger partial charge in [-0.15, -0.1) is 0 Å².